The van der Waals surface area contributed by atoms with Gasteiger partial charge in [-0.15, -0.1) is 0 Å². The van der Waals surface area contributed by atoms with Gasteiger partial charge in [0.25, 0.3) is 5.69 Å². The first-order chi connectivity index (χ1) is 12.3. The number of nitrogens with zero attached hydrogens (tertiary/aromatic N) is 1. The minimum Gasteiger partial charge on any atom is -0.423 e. The summed E-state index contributed by atoms with van der Waals surface area (Å²) in [5.41, 5.74) is 2.43. The zero-order chi connectivity index (χ0) is 18.8. The molecular weight excluding hydrogens is 354 g/mol. The molecule has 0 atom stereocenters. The molecule has 2 N–H and O–H groups in total. The second-order valence-corrected chi connectivity index (χ2v) is 6.22. The number of nitro groups is 1. The Balaban J connectivity index is 1.84. The largest absolute Gasteiger partial charge is 0.423 e. The molecular formula is C18H15N3O4S. The fourth-order valence-corrected chi connectivity index (χ4v) is 2.81. The van der Waals surface area contributed by atoms with Crippen LogP contribution in [-0.4, -0.2) is 10.0 Å². The van der Waals surface area contributed by atoms with Crippen molar-refractivity contribution in [1.29, 1.82) is 0 Å². The highest BCUT2D eigenvalue weighted by molar-refractivity contribution is 7.80. The highest BCUT2D eigenvalue weighted by atomic mass is 32.1. The van der Waals surface area contributed by atoms with E-state index in [1.54, 1.807) is 31.2 Å². The van der Waals surface area contributed by atoms with Gasteiger partial charge in [0.1, 0.15) is 11.3 Å². The maximum atomic E-state index is 11.5. The Morgan fingerprint density at radius 3 is 2.62 bits per heavy atom. The molecule has 0 saturated carbocycles. The Morgan fingerprint density at radius 2 is 1.88 bits per heavy atom. The summed E-state index contributed by atoms with van der Waals surface area (Å²) < 4.78 is 5.20. The Hall–Kier alpha value is -3.26. The van der Waals surface area contributed by atoms with Crippen LogP contribution in [0.3, 0.4) is 0 Å². The van der Waals surface area contributed by atoms with Crippen molar-refractivity contribution in [1.82, 2.24) is 0 Å². The quantitative estimate of drug-likeness (QED) is 0.310. The van der Waals surface area contributed by atoms with Crippen molar-refractivity contribution in [3.8, 4) is 0 Å². The maximum Gasteiger partial charge on any atom is 0.336 e. The first-order valence-corrected chi connectivity index (χ1v) is 8.12. The number of anilines is 2. The molecule has 0 aliphatic rings. The van der Waals surface area contributed by atoms with E-state index in [1.807, 2.05) is 13.0 Å². The van der Waals surface area contributed by atoms with Gasteiger partial charge in [0.2, 0.25) is 0 Å². The van der Waals surface area contributed by atoms with Crippen LogP contribution < -0.4 is 16.3 Å². The summed E-state index contributed by atoms with van der Waals surface area (Å²) in [6.45, 7) is 3.60. The van der Waals surface area contributed by atoms with E-state index in [0.29, 0.717) is 17.0 Å². The molecule has 1 heterocycles. The van der Waals surface area contributed by atoms with E-state index in [1.165, 1.54) is 12.1 Å². The molecule has 3 rings (SSSR count). The normalized spacial score (nSPS) is 10.5. The molecule has 0 saturated heterocycles. The van der Waals surface area contributed by atoms with Crippen molar-refractivity contribution in [3.63, 3.8) is 0 Å². The van der Waals surface area contributed by atoms with Crippen LogP contribution in [0.25, 0.3) is 11.0 Å². The molecule has 26 heavy (non-hydrogen) atoms. The summed E-state index contributed by atoms with van der Waals surface area (Å²) in [6.07, 6.45) is 0. The van der Waals surface area contributed by atoms with E-state index in [-0.39, 0.29) is 10.8 Å². The number of fused-ring (bicyclic) bond motifs is 1. The van der Waals surface area contributed by atoms with Crippen LogP contribution in [0, 0.1) is 24.0 Å². The molecule has 8 heteroatoms. The second kappa shape index (κ2) is 6.93. The van der Waals surface area contributed by atoms with E-state index in [4.69, 9.17) is 16.6 Å². The second-order valence-electron chi connectivity index (χ2n) is 5.82. The third-order valence-corrected chi connectivity index (χ3v) is 4.01. The predicted octanol–water partition coefficient (Wildman–Crippen LogP) is 4.13. The fourth-order valence-electron chi connectivity index (χ4n) is 2.59. The average molecular weight is 369 g/mol. The molecule has 0 aliphatic carbocycles. The molecule has 0 spiro atoms. The molecule has 0 fully saturated rings. The van der Waals surface area contributed by atoms with Gasteiger partial charge in [0, 0.05) is 29.3 Å². The number of thiocarbonyl (C=S) groups is 1. The van der Waals surface area contributed by atoms with E-state index in [9.17, 15) is 14.9 Å². The van der Waals surface area contributed by atoms with E-state index in [0.717, 1.165) is 16.5 Å². The average Bonchev–Trinajstić information content (AvgIpc) is 2.55. The summed E-state index contributed by atoms with van der Waals surface area (Å²) in [5, 5.41) is 18.0. The van der Waals surface area contributed by atoms with Crippen LogP contribution >= 0.6 is 12.2 Å². The van der Waals surface area contributed by atoms with Crippen molar-refractivity contribution in [2.75, 3.05) is 10.6 Å². The topological polar surface area (TPSA) is 97.4 Å². The number of hydrogen-bond acceptors (Lipinski definition) is 5. The van der Waals surface area contributed by atoms with E-state index < -0.39 is 10.5 Å². The number of rotatable bonds is 3. The van der Waals surface area contributed by atoms with Crippen LogP contribution in [0.4, 0.5) is 17.1 Å². The van der Waals surface area contributed by atoms with Gasteiger partial charge in [-0.1, -0.05) is 6.07 Å². The number of aryl methyl sites for hydroxylation is 2. The summed E-state index contributed by atoms with van der Waals surface area (Å²) in [7, 11) is 0. The molecule has 0 amide bonds. The number of benzene rings is 2. The molecule has 0 aliphatic heterocycles. The molecule has 0 bridgehead atoms. The van der Waals surface area contributed by atoms with E-state index in [2.05, 4.69) is 10.6 Å². The number of nitro benzene ring substituents is 1. The Kier molecular flexibility index (Phi) is 4.68. The third kappa shape index (κ3) is 3.70. The molecule has 7 nitrogen and oxygen atoms in total. The molecule has 0 unspecified atom stereocenters. The smallest absolute Gasteiger partial charge is 0.336 e. The molecule has 1 aromatic heterocycles. The Morgan fingerprint density at radius 1 is 1.12 bits per heavy atom. The highest BCUT2D eigenvalue weighted by Gasteiger charge is 2.15. The standard InChI is InChI=1S/C18H15N3O4S/c1-10-3-6-14(15(7-10)21(23)24)20-18(26)19-12-4-5-13-11(2)8-17(22)25-16(13)9-12/h3-9H,1-2H3,(H2,19,20,26). The lowest BCUT2D eigenvalue weighted by Crippen LogP contribution is -2.19. The van der Waals surface area contributed by atoms with Crippen LogP contribution in [-0.2, 0) is 0 Å². The minimum absolute atomic E-state index is 0.0608. The Labute approximate surface area is 153 Å². The monoisotopic (exact) mass is 369 g/mol. The molecule has 3 aromatic rings. The van der Waals surface area contributed by atoms with Crippen LogP contribution in [0.15, 0.2) is 51.7 Å². The van der Waals surface area contributed by atoms with Crippen molar-refractivity contribution < 1.29 is 9.34 Å². The van der Waals surface area contributed by atoms with Crippen molar-refractivity contribution >= 4 is 45.4 Å². The summed E-state index contributed by atoms with van der Waals surface area (Å²) in [4.78, 5) is 22.2. The first kappa shape index (κ1) is 17.6. The maximum absolute atomic E-state index is 11.5. The zero-order valence-electron chi connectivity index (χ0n) is 14.0. The predicted molar refractivity (Wildman–Crippen MR) is 105 cm³/mol. The third-order valence-electron chi connectivity index (χ3n) is 3.81. The van der Waals surface area contributed by atoms with Gasteiger partial charge in [-0.2, -0.15) is 0 Å². The van der Waals surface area contributed by atoms with Crippen molar-refractivity contribution in [2.45, 2.75) is 13.8 Å². The van der Waals surface area contributed by atoms with Gasteiger partial charge >= 0.3 is 5.63 Å². The lowest BCUT2D eigenvalue weighted by atomic mass is 10.1. The van der Waals surface area contributed by atoms with Crippen LogP contribution in [0.1, 0.15) is 11.1 Å². The molecule has 132 valence electrons. The minimum atomic E-state index is -0.467. The zero-order valence-corrected chi connectivity index (χ0v) is 14.8. The lowest BCUT2D eigenvalue weighted by molar-refractivity contribution is -0.383. The van der Waals surface area contributed by atoms with Crippen LogP contribution in [0.5, 0.6) is 0 Å². The van der Waals surface area contributed by atoms with Crippen molar-refractivity contribution in [2.24, 2.45) is 0 Å². The first-order valence-electron chi connectivity index (χ1n) is 7.71. The highest BCUT2D eigenvalue weighted by Crippen LogP contribution is 2.26. The molecule has 0 radical (unpaired) electrons. The molecule has 2 aromatic carbocycles. The number of nitrogens with one attached hydrogen (secondary N) is 2. The Bertz CT molecular complexity index is 1090. The van der Waals surface area contributed by atoms with Crippen molar-refractivity contribution in [3.05, 3.63) is 74.1 Å². The summed E-state index contributed by atoms with van der Waals surface area (Å²) >= 11 is 5.23. The van der Waals surface area contributed by atoms with Gasteiger partial charge in [0.15, 0.2) is 5.11 Å². The number of hydrogen-bond donors (Lipinski definition) is 2. The van der Waals surface area contributed by atoms with Gasteiger partial charge in [-0.3, -0.25) is 10.1 Å². The SMILES string of the molecule is Cc1ccc(NC(=S)Nc2ccc3c(C)cc(=O)oc3c2)c([N+](=O)[O-])c1. The van der Waals surface area contributed by atoms with Gasteiger partial charge in [-0.25, -0.2) is 4.79 Å². The van der Waals surface area contributed by atoms with Gasteiger partial charge in [0.05, 0.1) is 4.92 Å². The summed E-state index contributed by atoms with van der Waals surface area (Å²) in [6, 6.07) is 11.5. The van der Waals surface area contributed by atoms with Crippen LogP contribution in [0.2, 0.25) is 0 Å². The van der Waals surface area contributed by atoms with E-state index >= 15 is 0 Å². The van der Waals surface area contributed by atoms with Gasteiger partial charge < -0.3 is 15.1 Å². The lowest BCUT2D eigenvalue weighted by Gasteiger charge is -2.12. The fraction of sp³-hybridized carbons (Fsp3) is 0.111. The van der Waals surface area contributed by atoms with Gasteiger partial charge in [-0.05, 0) is 55.4 Å². The summed E-state index contributed by atoms with van der Waals surface area (Å²) in [5.74, 6) is 0.